The molecule has 1 aromatic carbocycles. The van der Waals surface area contributed by atoms with Crippen molar-refractivity contribution in [1.82, 2.24) is 24.4 Å². The average Bonchev–Trinajstić information content (AvgIpc) is 3.31. The van der Waals surface area contributed by atoms with Crippen molar-refractivity contribution in [2.24, 2.45) is 7.05 Å². The minimum Gasteiger partial charge on any atom is -0.349 e. The Morgan fingerprint density at radius 1 is 1.26 bits per heavy atom. The van der Waals surface area contributed by atoms with Crippen LogP contribution in [0.5, 0.6) is 0 Å². The molecule has 1 amide bonds. The molecule has 146 valence electrons. The minimum atomic E-state index is -3.39. The summed E-state index contributed by atoms with van der Waals surface area (Å²) in [5.74, 6) is 0.558. The summed E-state index contributed by atoms with van der Waals surface area (Å²) in [6.07, 6.45) is 2.68. The molecule has 3 rings (SSSR count). The maximum absolute atomic E-state index is 12.5. The molecular formula is C17H23N5O3S2. The summed E-state index contributed by atoms with van der Waals surface area (Å²) in [5, 5.41) is 9.51. The second kappa shape index (κ2) is 8.32. The second-order valence-electron chi connectivity index (χ2n) is 6.54. The molecule has 0 spiro atoms. The van der Waals surface area contributed by atoms with Crippen molar-refractivity contribution >= 4 is 28.1 Å². The lowest BCUT2D eigenvalue weighted by molar-refractivity contribution is -0.121. The number of nitrogens with one attached hydrogen (secondary N) is 2. The van der Waals surface area contributed by atoms with Crippen LogP contribution < -0.4 is 5.32 Å². The number of H-pyrrole nitrogens is 1. The van der Waals surface area contributed by atoms with Gasteiger partial charge in [-0.2, -0.15) is 9.40 Å². The van der Waals surface area contributed by atoms with Gasteiger partial charge in [-0.15, -0.1) is 0 Å². The van der Waals surface area contributed by atoms with Gasteiger partial charge < -0.3 is 9.88 Å². The first-order chi connectivity index (χ1) is 12.9. The lowest BCUT2D eigenvalue weighted by Crippen LogP contribution is -2.27. The molecule has 0 unspecified atom stereocenters. The molecule has 27 heavy (non-hydrogen) atoms. The van der Waals surface area contributed by atoms with E-state index in [2.05, 4.69) is 15.5 Å². The van der Waals surface area contributed by atoms with Gasteiger partial charge in [0.05, 0.1) is 11.4 Å². The summed E-state index contributed by atoms with van der Waals surface area (Å²) in [5.41, 5.74) is 0.920. The van der Waals surface area contributed by atoms with E-state index in [1.165, 1.54) is 4.31 Å². The Morgan fingerprint density at radius 2 is 1.93 bits per heavy atom. The number of nitrogens with zero attached hydrogens (tertiary/aromatic N) is 3. The fourth-order valence-electron chi connectivity index (χ4n) is 2.97. The third-order valence-electron chi connectivity index (χ3n) is 4.68. The van der Waals surface area contributed by atoms with Crippen molar-refractivity contribution in [3.8, 4) is 0 Å². The third-order valence-corrected chi connectivity index (χ3v) is 6.96. The summed E-state index contributed by atoms with van der Waals surface area (Å²) < 4.78 is 28.7. The molecule has 1 aromatic heterocycles. The summed E-state index contributed by atoms with van der Waals surface area (Å²) in [7, 11) is -1.61. The molecule has 1 fully saturated rings. The Labute approximate surface area is 163 Å². The van der Waals surface area contributed by atoms with Crippen LogP contribution in [0.3, 0.4) is 0 Å². The van der Waals surface area contributed by atoms with Crippen molar-refractivity contribution in [1.29, 1.82) is 0 Å². The van der Waals surface area contributed by atoms with Gasteiger partial charge in [0.1, 0.15) is 0 Å². The second-order valence-corrected chi connectivity index (χ2v) is 8.86. The van der Waals surface area contributed by atoms with Gasteiger partial charge in [-0.1, -0.05) is 12.1 Å². The Morgan fingerprint density at radius 3 is 2.52 bits per heavy atom. The lowest BCUT2D eigenvalue weighted by Gasteiger charge is -2.15. The lowest BCUT2D eigenvalue weighted by atomic mass is 10.1. The largest absolute Gasteiger partial charge is 0.349 e. The van der Waals surface area contributed by atoms with Gasteiger partial charge in [0.15, 0.2) is 10.6 Å². The van der Waals surface area contributed by atoms with E-state index in [0.717, 1.165) is 18.4 Å². The number of aromatic nitrogens is 3. The predicted octanol–water partition coefficient (Wildman–Crippen LogP) is 1.51. The number of carbonyl (C=O) groups is 1. The van der Waals surface area contributed by atoms with Gasteiger partial charge in [0, 0.05) is 26.6 Å². The number of sulfonamides is 1. The van der Waals surface area contributed by atoms with E-state index in [9.17, 15) is 13.2 Å². The Kier molecular flexibility index (Phi) is 6.08. The summed E-state index contributed by atoms with van der Waals surface area (Å²) in [6.45, 7) is 1.48. The van der Waals surface area contributed by atoms with Crippen LogP contribution in [0.2, 0.25) is 0 Å². The maximum Gasteiger partial charge on any atom is 0.243 e. The predicted molar refractivity (Wildman–Crippen MR) is 103 cm³/mol. The van der Waals surface area contributed by atoms with Gasteiger partial charge in [-0.05, 0) is 49.2 Å². The number of hydrogen-bond acceptors (Lipinski definition) is 5. The molecule has 1 aliphatic heterocycles. The first-order valence-electron chi connectivity index (χ1n) is 8.84. The Hall–Kier alpha value is -2.04. The molecule has 2 N–H and O–H groups in total. The highest BCUT2D eigenvalue weighted by Crippen LogP contribution is 2.21. The number of hydrogen-bond donors (Lipinski definition) is 2. The van der Waals surface area contributed by atoms with Gasteiger partial charge >= 0.3 is 0 Å². The molecule has 10 heteroatoms. The maximum atomic E-state index is 12.5. The van der Waals surface area contributed by atoms with E-state index >= 15 is 0 Å². The number of rotatable bonds is 7. The number of carbonyl (C=O) groups excluding carboxylic acids is 1. The van der Waals surface area contributed by atoms with Crippen LogP contribution in [-0.4, -0.2) is 46.5 Å². The van der Waals surface area contributed by atoms with E-state index in [1.54, 1.807) is 35.9 Å². The van der Waals surface area contributed by atoms with Crippen LogP contribution in [0, 0.1) is 4.77 Å². The monoisotopic (exact) mass is 409 g/mol. The normalized spacial score (nSPS) is 15.1. The zero-order valence-corrected chi connectivity index (χ0v) is 16.8. The van der Waals surface area contributed by atoms with Gasteiger partial charge in [0.2, 0.25) is 15.9 Å². The molecule has 0 atom stereocenters. The number of aryl methyl sites for hydroxylation is 1. The molecule has 8 nitrogen and oxygen atoms in total. The fourth-order valence-corrected chi connectivity index (χ4v) is 4.64. The van der Waals surface area contributed by atoms with Crippen LogP contribution in [0.15, 0.2) is 29.2 Å². The zero-order chi connectivity index (χ0) is 19.4. The van der Waals surface area contributed by atoms with Crippen LogP contribution in [0.1, 0.15) is 30.7 Å². The first kappa shape index (κ1) is 19.7. The third kappa shape index (κ3) is 4.63. The van der Waals surface area contributed by atoms with Crippen LogP contribution in [-0.2, 0) is 34.8 Å². The fraction of sp³-hybridized carbons (Fsp3) is 0.471. The summed E-state index contributed by atoms with van der Waals surface area (Å²) in [4.78, 5) is 12.3. The standard InChI is InChI=1S/C17H23N5O3S2/c1-21-15(19-20-17(21)26)12-18-16(23)9-6-13-4-7-14(8-5-13)27(24,25)22-10-2-3-11-22/h4-5,7-8H,2-3,6,9-12H2,1H3,(H,18,23)(H,20,26). The summed E-state index contributed by atoms with van der Waals surface area (Å²) in [6, 6.07) is 6.78. The molecule has 1 aliphatic rings. The van der Waals surface area contributed by atoms with E-state index in [4.69, 9.17) is 12.2 Å². The molecular weight excluding hydrogens is 386 g/mol. The van der Waals surface area contributed by atoms with Crippen molar-refractivity contribution in [3.05, 3.63) is 40.4 Å². The van der Waals surface area contributed by atoms with Crippen LogP contribution >= 0.6 is 12.2 Å². The highest BCUT2D eigenvalue weighted by molar-refractivity contribution is 7.89. The Bertz CT molecular complexity index is 957. The highest BCUT2D eigenvalue weighted by atomic mass is 32.2. The first-order valence-corrected chi connectivity index (χ1v) is 10.7. The number of aromatic amines is 1. The molecule has 2 heterocycles. The molecule has 0 bridgehead atoms. The van der Waals surface area contributed by atoms with Crippen molar-refractivity contribution in [2.75, 3.05) is 13.1 Å². The zero-order valence-electron chi connectivity index (χ0n) is 15.1. The van der Waals surface area contributed by atoms with E-state index in [0.29, 0.717) is 48.0 Å². The van der Waals surface area contributed by atoms with Gasteiger partial charge in [0.25, 0.3) is 0 Å². The van der Waals surface area contributed by atoms with E-state index in [1.807, 2.05) is 0 Å². The molecule has 0 aliphatic carbocycles. The smallest absolute Gasteiger partial charge is 0.243 e. The highest BCUT2D eigenvalue weighted by Gasteiger charge is 2.26. The number of benzene rings is 1. The van der Waals surface area contributed by atoms with Crippen LogP contribution in [0.4, 0.5) is 0 Å². The molecule has 1 saturated heterocycles. The van der Waals surface area contributed by atoms with Crippen LogP contribution in [0.25, 0.3) is 0 Å². The van der Waals surface area contributed by atoms with E-state index in [-0.39, 0.29) is 5.91 Å². The van der Waals surface area contributed by atoms with Crippen molar-refractivity contribution in [2.45, 2.75) is 37.1 Å². The minimum absolute atomic E-state index is 0.0994. The van der Waals surface area contributed by atoms with Crippen molar-refractivity contribution in [3.63, 3.8) is 0 Å². The average molecular weight is 410 g/mol. The summed E-state index contributed by atoms with van der Waals surface area (Å²) >= 11 is 5.03. The number of amides is 1. The SMILES string of the molecule is Cn1c(CNC(=O)CCc2ccc(S(=O)(=O)N3CCCC3)cc2)n[nH]c1=S. The van der Waals surface area contributed by atoms with Gasteiger partial charge in [-0.3, -0.25) is 9.89 Å². The Balaban J connectivity index is 1.51. The van der Waals surface area contributed by atoms with E-state index < -0.39 is 10.0 Å². The molecule has 0 radical (unpaired) electrons. The molecule has 0 saturated carbocycles. The van der Waals surface area contributed by atoms with Crippen molar-refractivity contribution < 1.29 is 13.2 Å². The van der Waals surface area contributed by atoms with Gasteiger partial charge in [-0.25, -0.2) is 8.42 Å². The molecule has 2 aromatic rings. The topological polar surface area (TPSA) is 100 Å². The quantitative estimate of drug-likeness (QED) is 0.675.